The first-order chi connectivity index (χ1) is 21.6. The molecule has 1 atom stereocenters. The summed E-state index contributed by atoms with van der Waals surface area (Å²) in [6.07, 6.45) is 33.0. The number of carbonyl (C=O) groups excluding carboxylic acids is 3. The molecule has 0 radical (unpaired) electrons. The highest BCUT2D eigenvalue weighted by molar-refractivity contribution is 5.69. The number of hydrogen-bond acceptors (Lipinski definition) is 6. The number of allylic oxidation sites excluding steroid dienone is 13. The normalized spacial score (nSPS) is 13.0. The van der Waals surface area contributed by atoms with Crippen molar-refractivity contribution in [3.05, 3.63) is 95.9 Å². The summed E-state index contributed by atoms with van der Waals surface area (Å²) in [6.45, 7) is 10.6. The molecule has 0 fully saturated rings. The summed E-state index contributed by atoms with van der Waals surface area (Å²) in [6, 6.07) is 0. The lowest BCUT2D eigenvalue weighted by Gasteiger charge is -2.19. The third-order valence-electron chi connectivity index (χ3n) is 5.93. The lowest BCUT2D eigenvalue weighted by Crippen LogP contribution is -2.20. The molecule has 0 N–H and O–H groups in total. The van der Waals surface area contributed by atoms with E-state index in [2.05, 4.69) is 79.5 Å². The fourth-order valence-electron chi connectivity index (χ4n) is 3.65. The Morgan fingerprint density at radius 3 is 1.84 bits per heavy atom. The minimum atomic E-state index is -0.684. The Bertz CT molecular complexity index is 1170. The Morgan fingerprint density at radius 1 is 0.733 bits per heavy atom. The minimum absolute atomic E-state index is 0.0778. The molecule has 0 saturated heterocycles. The summed E-state index contributed by atoms with van der Waals surface area (Å²) >= 11 is 0. The first kappa shape index (κ1) is 40.9. The second kappa shape index (κ2) is 28.6. The van der Waals surface area contributed by atoms with E-state index < -0.39 is 18.0 Å². The first-order valence-electron chi connectivity index (χ1n) is 15.9. The van der Waals surface area contributed by atoms with Crippen LogP contribution in [-0.2, 0) is 28.6 Å². The van der Waals surface area contributed by atoms with Gasteiger partial charge in [-0.25, -0.2) is 0 Å². The van der Waals surface area contributed by atoms with Crippen molar-refractivity contribution in [1.82, 2.24) is 0 Å². The summed E-state index contributed by atoms with van der Waals surface area (Å²) < 4.78 is 16.0. The molecular formula is C39H54O6. The zero-order chi connectivity index (χ0) is 33.5. The molecule has 0 amide bonds. The minimum Gasteiger partial charge on any atom is -0.465 e. The quantitative estimate of drug-likeness (QED) is 0.0318. The SMILES string of the molecule is CC/C=C/C/C=C/C/C=C/C/C=C/C/C=C/CCCC(=O)OCC/C(=C/OC(C)=O)C(C/C=C(\C)C#CC=C(C)C)OC(C)=O. The van der Waals surface area contributed by atoms with Crippen molar-refractivity contribution in [2.24, 2.45) is 0 Å². The highest BCUT2D eigenvalue weighted by Gasteiger charge is 2.18. The smallest absolute Gasteiger partial charge is 0.307 e. The van der Waals surface area contributed by atoms with E-state index in [1.54, 1.807) is 0 Å². The van der Waals surface area contributed by atoms with E-state index in [0.717, 1.165) is 49.7 Å². The maximum Gasteiger partial charge on any atom is 0.307 e. The highest BCUT2D eigenvalue weighted by atomic mass is 16.6. The molecule has 6 heteroatoms. The third-order valence-corrected chi connectivity index (χ3v) is 5.93. The van der Waals surface area contributed by atoms with Crippen LogP contribution in [0.2, 0.25) is 0 Å². The van der Waals surface area contributed by atoms with Crippen LogP contribution in [0, 0.1) is 11.8 Å². The molecule has 0 aromatic rings. The number of unbranched alkanes of at least 4 members (excludes halogenated alkanes) is 1. The summed E-state index contributed by atoms with van der Waals surface area (Å²) in [4.78, 5) is 35.5. The summed E-state index contributed by atoms with van der Waals surface area (Å²) in [7, 11) is 0. The molecule has 0 aliphatic rings. The molecule has 0 aromatic heterocycles. The van der Waals surface area contributed by atoms with Crippen molar-refractivity contribution in [2.45, 2.75) is 112 Å². The fourth-order valence-corrected chi connectivity index (χ4v) is 3.65. The second-order valence-corrected chi connectivity index (χ2v) is 10.6. The molecule has 0 spiro atoms. The van der Waals surface area contributed by atoms with Crippen LogP contribution in [0.4, 0.5) is 0 Å². The third kappa shape index (κ3) is 28.4. The molecule has 0 aliphatic heterocycles. The summed E-state index contributed by atoms with van der Waals surface area (Å²) in [5.74, 6) is 4.73. The van der Waals surface area contributed by atoms with Gasteiger partial charge in [0, 0.05) is 38.7 Å². The highest BCUT2D eigenvalue weighted by Crippen LogP contribution is 2.18. The fraction of sp³-hybridized carbons (Fsp3) is 0.462. The molecule has 6 nitrogen and oxygen atoms in total. The van der Waals surface area contributed by atoms with Gasteiger partial charge in [0.25, 0.3) is 0 Å². The number of rotatable bonds is 21. The monoisotopic (exact) mass is 618 g/mol. The lowest BCUT2D eigenvalue weighted by molar-refractivity contribution is -0.146. The van der Waals surface area contributed by atoms with Crippen LogP contribution >= 0.6 is 0 Å². The van der Waals surface area contributed by atoms with Crippen LogP contribution in [0.3, 0.4) is 0 Å². The van der Waals surface area contributed by atoms with Gasteiger partial charge in [0.1, 0.15) is 6.10 Å². The molecule has 1 unspecified atom stereocenters. The van der Waals surface area contributed by atoms with Gasteiger partial charge in [-0.2, -0.15) is 0 Å². The van der Waals surface area contributed by atoms with Gasteiger partial charge in [-0.3, -0.25) is 14.4 Å². The number of ether oxygens (including phenoxy) is 3. The first-order valence-corrected chi connectivity index (χ1v) is 15.9. The largest absolute Gasteiger partial charge is 0.465 e. The van der Waals surface area contributed by atoms with E-state index in [1.807, 2.05) is 32.9 Å². The van der Waals surface area contributed by atoms with E-state index in [4.69, 9.17) is 14.2 Å². The van der Waals surface area contributed by atoms with Gasteiger partial charge in [-0.05, 0) is 77.4 Å². The standard InChI is InChI=1S/C39H54O6/c1-7-8-9-10-11-12-13-14-15-16-17-18-19-20-21-22-23-27-39(42)43-31-30-37(32-44-35(5)40)38(45-36(6)41)29-28-34(4)26-24-25-33(2)3/h8-9,11-12,14-15,17-18,20-21,25,28,32,38H,7,10,13,16,19,22-23,27,29-31H2,1-6H3/b9-8+,12-11+,15-14+,18-17+,21-20+,34-28+,37-32-. The van der Waals surface area contributed by atoms with Crippen molar-refractivity contribution in [3.8, 4) is 11.8 Å². The maximum atomic E-state index is 12.3. The van der Waals surface area contributed by atoms with E-state index in [-0.39, 0.29) is 19.0 Å². The summed E-state index contributed by atoms with van der Waals surface area (Å²) in [5.41, 5.74) is 2.45. The number of carbonyl (C=O) groups is 3. The number of hydrogen-bond donors (Lipinski definition) is 0. The van der Waals surface area contributed by atoms with Crippen molar-refractivity contribution >= 4 is 17.9 Å². The molecule has 0 aliphatic carbocycles. The Kier molecular flexibility index (Phi) is 26.0. The maximum absolute atomic E-state index is 12.3. The average Bonchev–Trinajstić information content (AvgIpc) is 2.98. The van der Waals surface area contributed by atoms with Crippen molar-refractivity contribution < 1.29 is 28.6 Å². The molecule has 0 rings (SSSR count). The van der Waals surface area contributed by atoms with E-state index in [9.17, 15) is 14.4 Å². The Labute approximate surface area is 272 Å². The molecule has 0 saturated carbocycles. The van der Waals surface area contributed by atoms with Gasteiger partial charge >= 0.3 is 17.9 Å². The van der Waals surface area contributed by atoms with Crippen molar-refractivity contribution in [3.63, 3.8) is 0 Å². The molecule has 0 aromatic carbocycles. The molecular weight excluding hydrogens is 564 g/mol. The lowest BCUT2D eigenvalue weighted by atomic mass is 10.0. The van der Waals surface area contributed by atoms with Crippen LogP contribution in [-0.4, -0.2) is 30.6 Å². The topological polar surface area (TPSA) is 78.9 Å². The average molecular weight is 619 g/mol. The van der Waals surface area contributed by atoms with Gasteiger partial charge in [0.05, 0.1) is 12.9 Å². The zero-order valence-corrected chi connectivity index (χ0v) is 28.3. The van der Waals surface area contributed by atoms with Crippen molar-refractivity contribution in [2.75, 3.05) is 6.61 Å². The predicted molar refractivity (Wildman–Crippen MR) is 185 cm³/mol. The van der Waals surface area contributed by atoms with E-state index in [0.29, 0.717) is 24.8 Å². The van der Waals surface area contributed by atoms with Gasteiger partial charge in [0.2, 0.25) is 0 Å². The van der Waals surface area contributed by atoms with Gasteiger partial charge in [-0.15, -0.1) is 0 Å². The van der Waals surface area contributed by atoms with E-state index in [1.165, 1.54) is 20.1 Å². The van der Waals surface area contributed by atoms with Crippen LogP contribution in [0.15, 0.2) is 95.9 Å². The van der Waals surface area contributed by atoms with Crippen LogP contribution in [0.25, 0.3) is 0 Å². The second-order valence-electron chi connectivity index (χ2n) is 10.6. The summed E-state index contributed by atoms with van der Waals surface area (Å²) in [5, 5.41) is 0. The van der Waals surface area contributed by atoms with Crippen molar-refractivity contribution in [1.29, 1.82) is 0 Å². The Morgan fingerprint density at radius 2 is 1.31 bits per heavy atom. The van der Waals surface area contributed by atoms with Crippen LogP contribution < -0.4 is 0 Å². The Balaban J connectivity index is 4.60. The molecule has 45 heavy (non-hydrogen) atoms. The van der Waals surface area contributed by atoms with Crippen LogP contribution in [0.5, 0.6) is 0 Å². The van der Waals surface area contributed by atoms with Gasteiger partial charge < -0.3 is 14.2 Å². The molecule has 0 bridgehead atoms. The van der Waals surface area contributed by atoms with Crippen LogP contribution in [0.1, 0.15) is 106 Å². The van der Waals surface area contributed by atoms with Gasteiger partial charge in [-0.1, -0.05) is 91.2 Å². The number of esters is 3. The van der Waals surface area contributed by atoms with E-state index >= 15 is 0 Å². The van der Waals surface area contributed by atoms with Gasteiger partial charge in [0.15, 0.2) is 0 Å². The Hall–Kier alpha value is -4.11. The predicted octanol–water partition coefficient (Wildman–Crippen LogP) is 9.53. The zero-order valence-electron chi connectivity index (χ0n) is 28.3. The molecule has 246 valence electrons. The molecule has 0 heterocycles.